The number of aryl methyl sites for hydroxylation is 1. The van der Waals surface area contributed by atoms with Gasteiger partial charge in [-0.3, -0.25) is 9.89 Å². The largest absolute Gasteiger partial charge is 0.356 e. The van der Waals surface area contributed by atoms with Crippen LogP contribution in [0.5, 0.6) is 0 Å². The first-order valence-electron chi connectivity index (χ1n) is 8.95. The Bertz CT molecular complexity index is 510. The second kappa shape index (κ2) is 10.6. The lowest BCUT2D eigenvalue weighted by Gasteiger charge is -2.36. The van der Waals surface area contributed by atoms with Crippen LogP contribution in [0.3, 0.4) is 0 Å². The first-order valence-corrected chi connectivity index (χ1v) is 10.3. The van der Waals surface area contributed by atoms with E-state index in [2.05, 4.69) is 57.6 Å². The highest BCUT2D eigenvalue weighted by atomic mass is 32.2. The van der Waals surface area contributed by atoms with E-state index in [0.29, 0.717) is 0 Å². The molecule has 134 valence electrons. The van der Waals surface area contributed by atoms with E-state index in [-0.39, 0.29) is 0 Å². The van der Waals surface area contributed by atoms with E-state index < -0.39 is 0 Å². The molecule has 2 rings (SSSR count). The molecule has 1 heterocycles. The number of aliphatic imine (C=N–C) groups is 1. The average molecular weight is 349 g/mol. The van der Waals surface area contributed by atoms with Crippen LogP contribution in [0.15, 0.2) is 29.3 Å². The minimum absolute atomic E-state index is 1.02. The fourth-order valence-corrected chi connectivity index (χ4v) is 3.58. The third kappa shape index (κ3) is 6.36. The third-order valence-electron chi connectivity index (χ3n) is 4.43. The average Bonchev–Trinajstić information content (AvgIpc) is 2.59. The number of hydrogen-bond acceptors (Lipinski definition) is 3. The fourth-order valence-electron chi connectivity index (χ4n) is 3.09. The number of nitrogens with one attached hydrogen (secondary N) is 1. The van der Waals surface area contributed by atoms with Crippen molar-refractivity contribution in [2.24, 2.45) is 4.99 Å². The molecule has 0 unspecified atom stereocenters. The highest BCUT2D eigenvalue weighted by Gasteiger charge is 2.19. The number of rotatable bonds is 7. The molecule has 0 amide bonds. The molecule has 24 heavy (non-hydrogen) atoms. The molecular weight excluding hydrogens is 316 g/mol. The second-order valence-electron chi connectivity index (χ2n) is 6.43. The normalized spacial score (nSPS) is 16.5. The van der Waals surface area contributed by atoms with Crippen molar-refractivity contribution in [1.29, 1.82) is 0 Å². The van der Waals surface area contributed by atoms with Gasteiger partial charge in [0.05, 0.1) is 0 Å². The molecule has 0 saturated carbocycles. The lowest BCUT2D eigenvalue weighted by Crippen LogP contribution is -2.52. The molecule has 0 bridgehead atoms. The van der Waals surface area contributed by atoms with Crippen molar-refractivity contribution in [3.05, 3.63) is 35.4 Å². The van der Waals surface area contributed by atoms with Gasteiger partial charge in [-0.25, -0.2) is 0 Å². The Hall–Kier alpha value is -1.20. The summed E-state index contributed by atoms with van der Waals surface area (Å²) < 4.78 is 0. The van der Waals surface area contributed by atoms with Crippen LogP contribution in [0, 0.1) is 6.92 Å². The van der Waals surface area contributed by atoms with Crippen LogP contribution in [-0.4, -0.2) is 67.5 Å². The summed E-state index contributed by atoms with van der Waals surface area (Å²) >= 11 is 1.92. The number of guanidine groups is 1. The van der Waals surface area contributed by atoms with Gasteiger partial charge in [0.15, 0.2) is 5.96 Å². The van der Waals surface area contributed by atoms with Gasteiger partial charge in [0, 0.05) is 46.3 Å². The molecular formula is C19H32N4S. The van der Waals surface area contributed by atoms with Crippen molar-refractivity contribution in [3.8, 4) is 0 Å². The number of thioether (sulfide) groups is 1. The maximum Gasteiger partial charge on any atom is 0.193 e. The van der Waals surface area contributed by atoms with Crippen LogP contribution in [0.2, 0.25) is 0 Å². The summed E-state index contributed by atoms with van der Waals surface area (Å²) in [6.45, 7) is 8.54. The summed E-state index contributed by atoms with van der Waals surface area (Å²) in [6.07, 6.45) is 4.66. The Morgan fingerprint density at radius 1 is 1.21 bits per heavy atom. The summed E-state index contributed by atoms with van der Waals surface area (Å²) in [5, 5.41) is 3.52. The van der Waals surface area contributed by atoms with E-state index in [4.69, 9.17) is 0 Å². The minimum Gasteiger partial charge on any atom is -0.356 e. The molecule has 1 fully saturated rings. The predicted octanol–water partition coefficient (Wildman–Crippen LogP) is 2.83. The van der Waals surface area contributed by atoms with Crippen molar-refractivity contribution in [3.63, 3.8) is 0 Å². The Labute approximate surface area is 151 Å². The van der Waals surface area contributed by atoms with E-state index in [1.165, 1.54) is 29.7 Å². The van der Waals surface area contributed by atoms with Crippen molar-refractivity contribution in [2.45, 2.75) is 26.3 Å². The standard InChI is InChI=1S/C19H32N4S/c1-17-7-6-8-18(15-17)16-22-10-12-23(13-11-22)19(20-2)21-9-4-5-14-24-3/h6-8,15H,4-5,9-14,16H2,1-3H3,(H,20,21). The van der Waals surface area contributed by atoms with Gasteiger partial charge in [-0.2, -0.15) is 11.8 Å². The highest BCUT2D eigenvalue weighted by molar-refractivity contribution is 7.98. The predicted molar refractivity (Wildman–Crippen MR) is 107 cm³/mol. The van der Waals surface area contributed by atoms with E-state index in [1.54, 1.807) is 0 Å². The molecule has 4 nitrogen and oxygen atoms in total. The monoisotopic (exact) mass is 348 g/mol. The lowest BCUT2D eigenvalue weighted by atomic mass is 10.1. The topological polar surface area (TPSA) is 30.9 Å². The smallest absolute Gasteiger partial charge is 0.193 e. The number of benzene rings is 1. The number of piperazine rings is 1. The van der Waals surface area contributed by atoms with E-state index >= 15 is 0 Å². The zero-order valence-corrected chi connectivity index (χ0v) is 16.2. The molecule has 1 aromatic rings. The van der Waals surface area contributed by atoms with Gasteiger partial charge in [-0.1, -0.05) is 29.8 Å². The minimum atomic E-state index is 1.02. The maximum absolute atomic E-state index is 4.46. The quantitative estimate of drug-likeness (QED) is 0.466. The molecule has 1 aromatic carbocycles. The zero-order chi connectivity index (χ0) is 17.2. The maximum atomic E-state index is 4.46. The molecule has 1 N–H and O–H groups in total. The first kappa shape index (κ1) is 19.1. The molecule has 0 radical (unpaired) electrons. The molecule has 0 aliphatic carbocycles. The molecule has 5 heteroatoms. The highest BCUT2D eigenvalue weighted by Crippen LogP contribution is 2.10. The Morgan fingerprint density at radius 2 is 2.00 bits per heavy atom. The summed E-state index contributed by atoms with van der Waals surface area (Å²) in [5.74, 6) is 2.31. The van der Waals surface area contributed by atoms with Crippen LogP contribution in [0.4, 0.5) is 0 Å². The molecule has 1 aliphatic heterocycles. The Kier molecular flexibility index (Phi) is 8.47. The van der Waals surface area contributed by atoms with E-state index in [1.807, 2.05) is 18.8 Å². The summed E-state index contributed by atoms with van der Waals surface area (Å²) in [5.41, 5.74) is 2.76. The van der Waals surface area contributed by atoms with Gasteiger partial charge in [-0.05, 0) is 37.3 Å². The second-order valence-corrected chi connectivity index (χ2v) is 7.41. The summed E-state index contributed by atoms with van der Waals surface area (Å²) in [6, 6.07) is 8.84. The SMILES string of the molecule is CN=C(NCCCCSC)N1CCN(Cc2cccc(C)c2)CC1. The van der Waals surface area contributed by atoms with Gasteiger partial charge < -0.3 is 10.2 Å². The van der Waals surface area contributed by atoms with Gasteiger partial charge in [0.1, 0.15) is 0 Å². The molecule has 0 aromatic heterocycles. The first-order chi connectivity index (χ1) is 11.7. The summed E-state index contributed by atoms with van der Waals surface area (Å²) in [7, 11) is 1.89. The third-order valence-corrected chi connectivity index (χ3v) is 5.13. The van der Waals surface area contributed by atoms with E-state index in [0.717, 1.165) is 45.2 Å². The number of unbranched alkanes of at least 4 members (excludes halogenated alkanes) is 1. The van der Waals surface area contributed by atoms with Crippen molar-refractivity contribution in [1.82, 2.24) is 15.1 Å². The Balaban J connectivity index is 1.72. The number of hydrogen-bond donors (Lipinski definition) is 1. The fraction of sp³-hybridized carbons (Fsp3) is 0.632. The zero-order valence-electron chi connectivity index (χ0n) is 15.4. The Morgan fingerprint density at radius 3 is 2.67 bits per heavy atom. The van der Waals surface area contributed by atoms with Gasteiger partial charge in [-0.15, -0.1) is 0 Å². The van der Waals surface area contributed by atoms with Crippen molar-refractivity contribution >= 4 is 17.7 Å². The van der Waals surface area contributed by atoms with Crippen LogP contribution in [0.1, 0.15) is 24.0 Å². The van der Waals surface area contributed by atoms with Gasteiger partial charge in [0.2, 0.25) is 0 Å². The molecule has 0 atom stereocenters. The van der Waals surface area contributed by atoms with Gasteiger partial charge >= 0.3 is 0 Å². The lowest BCUT2D eigenvalue weighted by molar-refractivity contribution is 0.172. The molecule has 0 spiro atoms. The van der Waals surface area contributed by atoms with Crippen LogP contribution >= 0.6 is 11.8 Å². The van der Waals surface area contributed by atoms with Gasteiger partial charge in [0.25, 0.3) is 0 Å². The number of nitrogens with zero attached hydrogens (tertiary/aromatic N) is 3. The summed E-state index contributed by atoms with van der Waals surface area (Å²) in [4.78, 5) is 9.39. The molecule has 1 aliphatic rings. The van der Waals surface area contributed by atoms with Crippen LogP contribution < -0.4 is 5.32 Å². The van der Waals surface area contributed by atoms with E-state index in [9.17, 15) is 0 Å². The van der Waals surface area contributed by atoms with Crippen molar-refractivity contribution < 1.29 is 0 Å². The molecule has 1 saturated heterocycles. The van der Waals surface area contributed by atoms with Crippen molar-refractivity contribution in [2.75, 3.05) is 51.8 Å². The van der Waals surface area contributed by atoms with Crippen LogP contribution in [-0.2, 0) is 6.54 Å². The van der Waals surface area contributed by atoms with Crippen LogP contribution in [0.25, 0.3) is 0 Å².